The van der Waals surface area contributed by atoms with Crippen molar-refractivity contribution in [3.8, 4) is 0 Å². The van der Waals surface area contributed by atoms with Crippen molar-refractivity contribution in [2.45, 2.75) is 6.10 Å². The zero-order chi connectivity index (χ0) is 12.3. The summed E-state index contributed by atoms with van der Waals surface area (Å²) in [6.07, 6.45) is -1.46. The maximum Gasteiger partial charge on any atom is 0.275 e. The van der Waals surface area contributed by atoms with E-state index in [4.69, 9.17) is 5.73 Å². The van der Waals surface area contributed by atoms with Crippen molar-refractivity contribution in [2.24, 2.45) is 5.73 Å². The summed E-state index contributed by atoms with van der Waals surface area (Å²) in [4.78, 5) is 20.8. The second-order valence-electron chi connectivity index (χ2n) is 3.11. The quantitative estimate of drug-likeness (QED) is 0.443. The number of para-hydroxylation sites is 1. The summed E-state index contributed by atoms with van der Waals surface area (Å²) in [5.41, 5.74) is 4.37. The summed E-state index contributed by atoms with van der Waals surface area (Å²) in [6.45, 7) is 3.28. The van der Waals surface area contributed by atoms with Crippen LogP contribution in [0.1, 0.15) is 11.7 Å². The number of hydrogen-bond acceptors (Lipinski definition) is 4. The molecule has 1 amide bonds. The van der Waals surface area contributed by atoms with Crippen LogP contribution >= 0.6 is 0 Å². The number of rotatable bonds is 4. The molecule has 84 valence electrons. The SMILES string of the molecule is C=C(C(N)=O)C(O)c1ccccc1[N+](=O)[O-]. The third-order valence-electron chi connectivity index (χ3n) is 2.07. The van der Waals surface area contributed by atoms with E-state index in [1.54, 1.807) is 0 Å². The normalized spacial score (nSPS) is 11.8. The molecule has 0 spiro atoms. The lowest BCUT2D eigenvalue weighted by Crippen LogP contribution is -2.19. The lowest BCUT2D eigenvalue weighted by atomic mass is 10.0. The maximum atomic E-state index is 10.8. The molecule has 0 aliphatic heterocycles. The van der Waals surface area contributed by atoms with Crippen LogP contribution in [0.5, 0.6) is 0 Å². The number of nitrogens with zero attached hydrogens (tertiary/aromatic N) is 1. The van der Waals surface area contributed by atoms with Gasteiger partial charge in [0.2, 0.25) is 5.91 Å². The van der Waals surface area contributed by atoms with Crippen molar-refractivity contribution in [3.05, 3.63) is 52.1 Å². The number of nitro groups is 1. The molecule has 1 aromatic rings. The molecule has 1 rings (SSSR count). The summed E-state index contributed by atoms with van der Waals surface area (Å²) < 4.78 is 0. The molecule has 0 bridgehead atoms. The van der Waals surface area contributed by atoms with Crippen LogP contribution in [0.25, 0.3) is 0 Å². The van der Waals surface area contributed by atoms with Gasteiger partial charge in [-0.3, -0.25) is 14.9 Å². The summed E-state index contributed by atoms with van der Waals surface area (Å²) in [5, 5.41) is 20.4. The van der Waals surface area contributed by atoms with E-state index >= 15 is 0 Å². The fourth-order valence-electron chi connectivity index (χ4n) is 1.21. The van der Waals surface area contributed by atoms with E-state index in [2.05, 4.69) is 6.58 Å². The highest BCUT2D eigenvalue weighted by molar-refractivity contribution is 5.92. The summed E-state index contributed by atoms with van der Waals surface area (Å²) in [6, 6.07) is 5.55. The van der Waals surface area contributed by atoms with Crippen LogP contribution in [0.3, 0.4) is 0 Å². The Morgan fingerprint density at radius 1 is 1.50 bits per heavy atom. The average molecular weight is 222 g/mol. The number of amides is 1. The van der Waals surface area contributed by atoms with Crippen molar-refractivity contribution in [1.82, 2.24) is 0 Å². The third kappa shape index (κ3) is 2.23. The van der Waals surface area contributed by atoms with E-state index in [0.29, 0.717) is 0 Å². The molecule has 0 saturated carbocycles. The zero-order valence-corrected chi connectivity index (χ0v) is 8.29. The smallest absolute Gasteiger partial charge is 0.275 e. The Bertz CT molecular complexity index is 456. The minimum absolute atomic E-state index is 0.00343. The number of hydrogen-bond donors (Lipinski definition) is 2. The van der Waals surface area contributed by atoms with Crippen molar-refractivity contribution >= 4 is 11.6 Å². The Labute approximate surface area is 91.2 Å². The van der Waals surface area contributed by atoms with Crippen LogP contribution in [0, 0.1) is 10.1 Å². The predicted octanol–water partition coefficient (Wildman–Crippen LogP) is 0.670. The Morgan fingerprint density at radius 2 is 2.06 bits per heavy atom. The Balaban J connectivity index is 3.18. The number of nitro benzene ring substituents is 1. The first kappa shape index (κ1) is 11.9. The number of carbonyl (C=O) groups excluding carboxylic acids is 1. The van der Waals surface area contributed by atoms with Gasteiger partial charge in [-0.15, -0.1) is 0 Å². The van der Waals surface area contributed by atoms with Gasteiger partial charge < -0.3 is 10.8 Å². The van der Waals surface area contributed by atoms with Gasteiger partial charge in [0.1, 0.15) is 6.10 Å². The first-order valence-electron chi connectivity index (χ1n) is 4.35. The first-order chi connectivity index (χ1) is 7.45. The molecule has 3 N–H and O–H groups in total. The number of aliphatic hydroxyl groups is 1. The van der Waals surface area contributed by atoms with Crippen molar-refractivity contribution in [2.75, 3.05) is 0 Å². The molecule has 6 heteroatoms. The fourth-order valence-corrected chi connectivity index (χ4v) is 1.21. The van der Waals surface area contributed by atoms with E-state index < -0.39 is 16.9 Å². The van der Waals surface area contributed by atoms with Gasteiger partial charge in [0, 0.05) is 11.6 Å². The minimum atomic E-state index is -1.46. The molecular weight excluding hydrogens is 212 g/mol. The monoisotopic (exact) mass is 222 g/mol. The Kier molecular flexibility index (Phi) is 3.37. The van der Waals surface area contributed by atoms with Gasteiger partial charge in [-0.2, -0.15) is 0 Å². The van der Waals surface area contributed by atoms with Crippen LogP contribution in [-0.2, 0) is 4.79 Å². The highest BCUT2D eigenvalue weighted by Crippen LogP contribution is 2.28. The van der Waals surface area contributed by atoms with Crippen LogP contribution in [0.2, 0.25) is 0 Å². The highest BCUT2D eigenvalue weighted by atomic mass is 16.6. The largest absolute Gasteiger partial charge is 0.383 e. The molecule has 0 fully saturated rings. The number of carbonyl (C=O) groups is 1. The Morgan fingerprint density at radius 3 is 2.56 bits per heavy atom. The van der Waals surface area contributed by atoms with Gasteiger partial charge in [0.15, 0.2) is 0 Å². The molecule has 0 aliphatic rings. The second kappa shape index (κ2) is 4.54. The standard InChI is InChI=1S/C10H10N2O4/c1-6(10(11)14)9(13)7-4-2-3-5-8(7)12(15)16/h2-5,9,13H,1H2,(H2,11,14). The van der Waals surface area contributed by atoms with Gasteiger partial charge in [0.05, 0.1) is 10.5 Å². The predicted molar refractivity (Wildman–Crippen MR) is 56.4 cm³/mol. The number of aliphatic hydroxyl groups excluding tert-OH is 1. The minimum Gasteiger partial charge on any atom is -0.383 e. The van der Waals surface area contributed by atoms with Gasteiger partial charge in [0.25, 0.3) is 5.69 Å². The summed E-state index contributed by atoms with van der Waals surface area (Å²) >= 11 is 0. The molecule has 0 aromatic heterocycles. The summed E-state index contributed by atoms with van der Waals surface area (Å²) in [5.74, 6) is -0.898. The first-order valence-corrected chi connectivity index (χ1v) is 4.35. The molecule has 0 radical (unpaired) electrons. The molecule has 0 heterocycles. The highest BCUT2D eigenvalue weighted by Gasteiger charge is 2.23. The molecule has 1 unspecified atom stereocenters. The number of nitrogens with two attached hydrogens (primary N) is 1. The van der Waals surface area contributed by atoms with Crippen LogP contribution in [-0.4, -0.2) is 15.9 Å². The van der Waals surface area contributed by atoms with Crippen LogP contribution < -0.4 is 5.73 Å². The van der Waals surface area contributed by atoms with E-state index in [0.717, 1.165) is 0 Å². The molecule has 16 heavy (non-hydrogen) atoms. The zero-order valence-electron chi connectivity index (χ0n) is 8.29. The lowest BCUT2D eigenvalue weighted by molar-refractivity contribution is -0.386. The molecule has 0 saturated heterocycles. The van der Waals surface area contributed by atoms with Gasteiger partial charge in [-0.05, 0) is 6.07 Å². The third-order valence-corrected chi connectivity index (χ3v) is 2.07. The molecule has 0 aliphatic carbocycles. The number of benzene rings is 1. The van der Waals surface area contributed by atoms with Gasteiger partial charge in [-0.25, -0.2) is 0 Å². The van der Waals surface area contributed by atoms with E-state index in [-0.39, 0.29) is 16.8 Å². The van der Waals surface area contributed by atoms with Gasteiger partial charge >= 0.3 is 0 Å². The average Bonchev–Trinajstić information content (AvgIpc) is 2.26. The maximum absolute atomic E-state index is 10.8. The van der Waals surface area contributed by atoms with Gasteiger partial charge in [-0.1, -0.05) is 18.7 Å². The fraction of sp³-hybridized carbons (Fsp3) is 0.100. The van der Waals surface area contributed by atoms with E-state index in [9.17, 15) is 20.0 Å². The molecular formula is C10H10N2O4. The van der Waals surface area contributed by atoms with Crippen molar-refractivity contribution < 1.29 is 14.8 Å². The van der Waals surface area contributed by atoms with Crippen molar-refractivity contribution in [1.29, 1.82) is 0 Å². The molecule has 1 aromatic carbocycles. The lowest BCUT2D eigenvalue weighted by Gasteiger charge is -2.11. The van der Waals surface area contributed by atoms with Crippen LogP contribution in [0.4, 0.5) is 5.69 Å². The molecule has 6 nitrogen and oxygen atoms in total. The Hall–Kier alpha value is -2.21. The van der Waals surface area contributed by atoms with E-state index in [1.807, 2.05) is 0 Å². The second-order valence-corrected chi connectivity index (χ2v) is 3.11. The number of primary amides is 1. The van der Waals surface area contributed by atoms with Crippen molar-refractivity contribution in [3.63, 3.8) is 0 Å². The van der Waals surface area contributed by atoms with Crippen LogP contribution in [0.15, 0.2) is 36.4 Å². The topological polar surface area (TPSA) is 106 Å². The van der Waals surface area contributed by atoms with E-state index in [1.165, 1.54) is 24.3 Å². The summed E-state index contributed by atoms with van der Waals surface area (Å²) in [7, 11) is 0. The molecule has 1 atom stereocenters.